The molecular weight excluding hydrogens is 380 g/mol. The maximum atomic E-state index is 5.29. The monoisotopic (exact) mass is 414 g/mol. The van der Waals surface area contributed by atoms with Gasteiger partial charge in [0, 0.05) is 24.9 Å². The summed E-state index contributed by atoms with van der Waals surface area (Å²) in [5, 5.41) is 6.41. The molecule has 0 saturated heterocycles. The van der Waals surface area contributed by atoms with Gasteiger partial charge in [0.15, 0.2) is 23.0 Å². The fourth-order valence-corrected chi connectivity index (χ4v) is 4.33. The van der Waals surface area contributed by atoms with Crippen molar-refractivity contribution in [1.29, 1.82) is 0 Å². The van der Waals surface area contributed by atoms with Crippen LogP contribution in [-0.2, 0) is 12.8 Å². The molecule has 2 aromatic carbocycles. The zero-order chi connectivity index (χ0) is 21.7. The minimum atomic E-state index is 0.629. The molecule has 6 heteroatoms. The molecule has 1 unspecified atom stereocenters. The molecule has 0 heterocycles. The van der Waals surface area contributed by atoms with Crippen molar-refractivity contribution in [1.82, 2.24) is 10.6 Å². The zero-order valence-electron chi connectivity index (χ0n) is 18.9. The van der Waals surface area contributed by atoms with Crippen molar-refractivity contribution in [3.05, 3.63) is 46.5 Å². The van der Waals surface area contributed by atoms with E-state index >= 15 is 0 Å². The maximum Gasteiger partial charge on any atom is 0.161 e. The van der Waals surface area contributed by atoms with Gasteiger partial charge in [0.1, 0.15) is 0 Å². The number of hydrogen-bond donors (Lipinski definition) is 2. The van der Waals surface area contributed by atoms with Crippen LogP contribution >= 0.6 is 0 Å². The average Bonchev–Trinajstić information content (AvgIpc) is 2.75. The van der Waals surface area contributed by atoms with E-state index in [4.69, 9.17) is 18.9 Å². The van der Waals surface area contributed by atoms with E-state index in [0.717, 1.165) is 48.9 Å². The minimum absolute atomic E-state index is 0.629. The Kier molecular flexibility index (Phi) is 7.45. The molecule has 2 aliphatic rings. The van der Waals surface area contributed by atoms with Crippen LogP contribution in [-0.4, -0.2) is 55.6 Å². The summed E-state index contributed by atoms with van der Waals surface area (Å²) in [5.41, 5.74) is 5.55. The van der Waals surface area contributed by atoms with Crippen molar-refractivity contribution in [2.45, 2.75) is 24.7 Å². The second-order valence-electron chi connectivity index (χ2n) is 7.73. The Bertz CT molecular complexity index is 797. The summed E-state index contributed by atoms with van der Waals surface area (Å²) in [6.07, 6.45) is 2.27. The molecular formula is C24H34N2O4. The van der Waals surface area contributed by atoms with Crippen LogP contribution in [0.15, 0.2) is 24.3 Å². The number of methoxy groups -OCH3 is 4. The van der Waals surface area contributed by atoms with Crippen LogP contribution in [0.2, 0.25) is 0 Å². The summed E-state index contributed by atoms with van der Waals surface area (Å²) < 4.78 is 21.1. The van der Waals surface area contributed by atoms with Crippen molar-refractivity contribution in [3.63, 3.8) is 0 Å². The van der Waals surface area contributed by atoms with Crippen molar-refractivity contribution < 1.29 is 18.9 Å². The lowest BCUT2D eigenvalue weighted by Crippen LogP contribution is -2.27. The highest BCUT2D eigenvalue weighted by Gasteiger charge is 2.28. The van der Waals surface area contributed by atoms with Crippen LogP contribution in [0, 0.1) is 0 Å². The van der Waals surface area contributed by atoms with E-state index in [2.05, 4.69) is 34.9 Å². The summed E-state index contributed by atoms with van der Waals surface area (Å²) in [7, 11) is 10.7. The SMILES string of the molecule is CNCC1Cc2cc(OC)c(OC)cc21.CNC[C@H]1Cc2cc(OC)c(OC)cc21. The smallest absolute Gasteiger partial charge is 0.161 e. The van der Waals surface area contributed by atoms with Crippen molar-refractivity contribution >= 4 is 0 Å². The number of rotatable bonds is 8. The first-order valence-corrected chi connectivity index (χ1v) is 10.4. The molecule has 2 aromatic rings. The summed E-state index contributed by atoms with van der Waals surface area (Å²) >= 11 is 0. The van der Waals surface area contributed by atoms with E-state index in [0.29, 0.717) is 11.8 Å². The van der Waals surface area contributed by atoms with E-state index in [1.165, 1.54) is 22.3 Å². The maximum absolute atomic E-state index is 5.29. The van der Waals surface area contributed by atoms with Gasteiger partial charge in [-0.25, -0.2) is 0 Å². The predicted octanol–water partition coefficient (Wildman–Crippen LogP) is 3.13. The average molecular weight is 415 g/mol. The quantitative estimate of drug-likeness (QED) is 0.692. The van der Waals surface area contributed by atoms with E-state index in [1.54, 1.807) is 28.4 Å². The number of benzene rings is 2. The van der Waals surface area contributed by atoms with Gasteiger partial charge in [0.25, 0.3) is 0 Å². The summed E-state index contributed by atoms with van der Waals surface area (Å²) in [4.78, 5) is 0. The summed E-state index contributed by atoms with van der Waals surface area (Å²) in [6.45, 7) is 2.06. The Morgan fingerprint density at radius 2 is 0.967 bits per heavy atom. The Hall–Kier alpha value is -2.44. The van der Waals surface area contributed by atoms with E-state index in [9.17, 15) is 0 Å². The first-order valence-electron chi connectivity index (χ1n) is 10.4. The van der Waals surface area contributed by atoms with Crippen LogP contribution in [0.5, 0.6) is 23.0 Å². The second-order valence-corrected chi connectivity index (χ2v) is 7.73. The second kappa shape index (κ2) is 10.0. The Balaban J connectivity index is 0.000000171. The van der Waals surface area contributed by atoms with E-state index < -0.39 is 0 Å². The van der Waals surface area contributed by atoms with E-state index in [-0.39, 0.29) is 0 Å². The normalized spacial score (nSPS) is 17.9. The third kappa shape index (κ3) is 4.35. The van der Waals surface area contributed by atoms with Crippen LogP contribution in [0.1, 0.15) is 34.1 Å². The molecule has 2 aliphatic carbocycles. The highest BCUT2D eigenvalue weighted by molar-refractivity contribution is 5.54. The standard InChI is InChI=1S/2C12H17NO2/c2*1-13-7-9-4-8-5-11(14-2)12(15-3)6-10(8)9/h2*5-6,9,13H,4,7H2,1-3H3/t9-;/m1./s1. The highest BCUT2D eigenvalue weighted by atomic mass is 16.5. The lowest BCUT2D eigenvalue weighted by molar-refractivity contribution is 0.352. The molecule has 6 nitrogen and oxygen atoms in total. The van der Waals surface area contributed by atoms with Crippen molar-refractivity contribution in [2.24, 2.45) is 0 Å². The van der Waals surface area contributed by atoms with Crippen LogP contribution in [0.3, 0.4) is 0 Å². The van der Waals surface area contributed by atoms with Gasteiger partial charge in [-0.15, -0.1) is 0 Å². The Labute approximate surface area is 179 Å². The fourth-order valence-electron chi connectivity index (χ4n) is 4.33. The number of nitrogens with one attached hydrogen (secondary N) is 2. The molecule has 0 spiro atoms. The number of fused-ring (bicyclic) bond motifs is 2. The van der Waals surface area contributed by atoms with Crippen LogP contribution in [0.4, 0.5) is 0 Å². The first-order chi connectivity index (χ1) is 14.6. The van der Waals surface area contributed by atoms with Gasteiger partial charge in [-0.2, -0.15) is 0 Å². The number of likely N-dealkylation sites (N-methyl/N-ethyl adjacent to an activating group) is 2. The third-order valence-corrected chi connectivity index (χ3v) is 6.00. The summed E-state index contributed by atoms with van der Waals surface area (Å²) in [5.74, 6) is 4.59. The predicted molar refractivity (Wildman–Crippen MR) is 120 cm³/mol. The van der Waals surface area contributed by atoms with Crippen molar-refractivity contribution in [3.8, 4) is 23.0 Å². The zero-order valence-corrected chi connectivity index (χ0v) is 18.9. The van der Waals surface area contributed by atoms with Gasteiger partial charge < -0.3 is 29.6 Å². The van der Waals surface area contributed by atoms with Crippen LogP contribution < -0.4 is 29.6 Å². The third-order valence-electron chi connectivity index (χ3n) is 6.00. The first kappa shape index (κ1) is 22.2. The van der Waals surface area contributed by atoms with Gasteiger partial charge in [-0.05, 0) is 73.5 Å². The largest absolute Gasteiger partial charge is 0.493 e. The van der Waals surface area contributed by atoms with Gasteiger partial charge >= 0.3 is 0 Å². The molecule has 0 fully saturated rings. The van der Waals surface area contributed by atoms with Gasteiger partial charge in [-0.3, -0.25) is 0 Å². The molecule has 0 saturated carbocycles. The molecule has 0 radical (unpaired) electrons. The molecule has 2 N–H and O–H groups in total. The Morgan fingerprint density at radius 1 is 0.633 bits per heavy atom. The summed E-state index contributed by atoms with van der Waals surface area (Å²) in [6, 6.07) is 8.36. The highest BCUT2D eigenvalue weighted by Crippen LogP contribution is 2.42. The number of hydrogen-bond acceptors (Lipinski definition) is 6. The minimum Gasteiger partial charge on any atom is -0.493 e. The topological polar surface area (TPSA) is 61.0 Å². The van der Waals surface area contributed by atoms with Crippen LogP contribution in [0.25, 0.3) is 0 Å². The molecule has 2 atom stereocenters. The fraction of sp³-hybridized carbons (Fsp3) is 0.500. The lowest BCUT2D eigenvalue weighted by atomic mass is 9.77. The molecule has 30 heavy (non-hydrogen) atoms. The van der Waals surface area contributed by atoms with Gasteiger partial charge in [0.05, 0.1) is 28.4 Å². The molecule has 0 bridgehead atoms. The lowest BCUT2D eigenvalue weighted by Gasteiger charge is -2.31. The molecule has 0 amide bonds. The van der Waals surface area contributed by atoms with Gasteiger partial charge in [-0.1, -0.05) is 0 Å². The Morgan fingerprint density at radius 3 is 1.27 bits per heavy atom. The molecule has 4 rings (SSSR count). The van der Waals surface area contributed by atoms with Gasteiger partial charge in [0.2, 0.25) is 0 Å². The molecule has 0 aromatic heterocycles. The van der Waals surface area contributed by atoms with Crippen molar-refractivity contribution in [2.75, 3.05) is 55.6 Å². The number of ether oxygens (including phenoxy) is 4. The van der Waals surface area contributed by atoms with E-state index in [1.807, 2.05) is 14.1 Å². The molecule has 164 valence electrons. The molecule has 0 aliphatic heterocycles.